The van der Waals surface area contributed by atoms with Crippen molar-refractivity contribution in [2.45, 2.75) is 13.1 Å². The third-order valence-electron chi connectivity index (χ3n) is 2.60. The van der Waals surface area contributed by atoms with Crippen molar-refractivity contribution in [1.82, 2.24) is 4.98 Å². The molecule has 106 valence electrons. The minimum Gasteiger partial charge on any atom is -0.463 e. The maximum absolute atomic E-state index is 12.6. The Labute approximate surface area is 112 Å². The van der Waals surface area contributed by atoms with Gasteiger partial charge in [-0.25, -0.2) is 9.78 Å². The quantitative estimate of drug-likeness (QED) is 0.793. The summed E-state index contributed by atoms with van der Waals surface area (Å²) in [6.07, 6.45) is -4.46. The number of rotatable bonds is 2. The van der Waals surface area contributed by atoms with Crippen LogP contribution in [0.1, 0.15) is 21.8 Å². The highest BCUT2D eigenvalue weighted by atomic mass is 19.4. The van der Waals surface area contributed by atoms with Crippen molar-refractivity contribution in [3.8, 4) is 11.5 Å². The zero-order chi connectivity index (χ0) is 14.9. The van der Waals surface area contributed by atoms with E-state index < -0.39 is 17.7 Å². The Morgan fingerprint density at radius 1 is 1.35 bits per heavy atom. The van der Waals surface area contributed by atoms with Crippen LogP contribution in [0.3, 0.4) is 0 Å². The van der Waals surface area contributed by atoms with Crippen LogP contribution in [0.2, 0.25) is 0 Å². The minimum atomic E-state index is -4.46. The summed E-state index contributed by atoms with van der Waals surface area (Å²) >= 11 is 0. The molecule has 0 saturated carbocycles. The highest BCUT2D eigenvalue weighted by Crippen LogP contribution is 2.32. The molecule has 1 aromatic heterocycles. The van der Waals surface area contributed by atoms with E-state index in [1.54, 1.807) is 0 Å². The predicted molar refractivity (Wildman–Crippen MR) is 63.0 cm³/mol. The van der Waals surface area contributed by atoms with Gasteiger partial charge < -0.3 is 9.15 Å². The van der Waals surface area contributed by atoms with Crippen molar-refractivity contribution in [2.75, 3.05) is 7.11 Å². The number of benzene rings is 1. The maximum Gasteiger partial charge on any atom is 0.416 e. The zero-order valence-electron chi connectivity index (χ0n) is 10.6. The number of hydrogen-bond donors (Lipinski definition) is 0. The van der Waals surface area contributed by atoms with Gasteiger partial charge in [-0.2, -0.15) is 13.2 Å². The van der Waals surface area contributed by atoms with Crippen molar-refractivity contribution in [3.63, 3.8) is 0 Å². The van der Waals surface area contributed by atoms with Gasteiger partial charge in [-0.3, -0.25) is 0 Å². The molecule has 0 aliphatic carbocycles. The van der Waals surface area contributed by atoms with Crippen molar-refractivity contribution in [3.05, 3.63) is 41.3 Å². The lowest BCUT2D eigenvalue weighted by Crippen LogP contribution is -2.04. The SMILES string of the molecule is COC(=O)c1oc(-c2cccc(C(F)(F)F)c2)nc1C. The second-order valence-electron chi connectivity index (χ2n) is 4.00. The fourth-order valence-electron chi connectivity index (χ4n) is 1.63. The molecule has 0 aliphatic rings. The van der Waals surface area contributed by atoms with E-state index in [1.807, 2.05) is 0 Å². The van der Waals surface area contributed by atoms with E-state index in [9.17, 15) is 18.0 Å². The fourth-order valence-corrected chi connectivity index (χ4v) is 1.63. The second-order valence-corrected chi connectivity index (χ2v) is 4.00. The number of methoxy groups -OCH3 is 1. The average molecular weight is 285 g/mol. The summed E-state index contributed by atoms with van der Waals surface area (Å²) in [6, 6.07) is 4.52. The first-order valence-electron chi connectivity index (χ1n) is 5.56. The third-order valence-corrected chi connectivity index (χ3v) is 2.60. The van der Waals surface area contributed by atoms with Gasteiger partial charge in [-0.05, 0) is 25.1 Å². The maximum atomic E-state index is 12.6. The Kier molecular flexibility index (Phi) is 3.52. The molecule has 0 unspecified atom stereocenters. The predicted octanol–water partition coefficient (Wildman–Crippen LogP) is 3.46. The van der Waals surface area contributed by atoms with Crippen LogP contribution in [0.25, 0.3) is 11.5 Å². The number of ether oxygens (including phenoxy) is 1. The van der Waals surface area contributed by atoms with Crippen molar-refractivity contribution in [2.24, 2.45) is 0 Å². The van der Waals surface area contributed by atoms with Crippen LogP contribution in [0, 0.1) is 6.92 Å². The molecule has 1 aromatic carbocycles. The number of aryl methyl sites for hydroxylation is 1. The minimum absolute atomic E-state index is 0.0611. The first-order chi connectivity index (χ1) is 9.32. The number of carbonyl (C=O) groups is 1. The lowest BCUT2D eigenvalue weighted by Gasteiger charge is -2.06. The van der Waals surface area contributed by atoms with Gasteiger partial charge in [0.2, 0.25) is 11.7 Å². The third kappa shape index (κ3) is 2.66. The molecule has 20 heavy (non-hydrogen) atoms. The highest BCUT2D eigenvalue weighted by molar-refractivity contribution is 5.87. The molecule has 0 atom stereocenters. The molecular formula is C13H10F3NO3. The molecule has 0 aliphatic heterocycles. The zero-order valence-corrected chi connectivity index (χ0v) is 10.6. The van der Waals surface area contributed by atoms with Crippen LogP contribution >= 0.6 is 0 Å². The Morgan fingerprint density at radius 2 is 2.05 bits per heavy atom. The summed E-state index contributed by atoms with van der Waals surface area (Å²) in [5.74, 6) is -0.915. The number of oxazole rings is 1. The van der Waals surface area contributed by atoms with E-state index in [4.69, 9.17) is 4.42 Å². The molecule has 0 fully saturated rings. The standard InChI is InChI=1S/C13H10F3NO3/c1-7-10(12(18)19-2)20-11(17-7)8-4-3-5-9(6-8)13(14,15)16/h3-6H,1-2H3. The molecule has 2 rings (SSSR count). The lowest BCUT2D eigenvalue weighted by atomic mass is 10.1. The topological polar surface area (TPSA) is 52.3 Å². The number of hydrogen-bond acceptors (Lipinski definition) is 4. The summed E-state index contributed by atoms with van der Waals surface area (Å²) in [7, 11) is 1.17. The summed E-state index contributed by atoms with van der Waals surface area (Å²) in [5.41, 5.74) is -0.423. The van der Waals surface area contributed by atoms with Crippen molar-refractivity contribution < 1.29 is 27.1 Å². The van der Waals surface area contributed by atoms with Gasteiger partial charge in [0.25, 0.3) is 0 Å². The van der Waals surface area contributed by atoms with Gasteiger partial charge in [0.05, 0.1) is 18.4 Å². The fraction of sp³-hybridized carbons (Fsp3) is 0.231. The van der Waals surface area contributed by atoms with Crippen LogP contribution in [-0.2, 0) is 10.9 Å². The van der Waals surface area contributed by atoms with Crippen LogP contribution < -0.4 is 0 Å². The highest BCUT2D eigenvalue weighted by Gasteiger charge is 2.31. The molecule has 0 radical (unpaired) electrons. The summed E-state index contributed by atoms with van der Waals surface area (Å²) in [4.78, 5) is 15.3. The Morgan fingerprint density at radius 3 is 2.65 bits per heavy atom. The largest absolute Gasteiger partial charge is 0.463 e. The number of aromatic nitrogens is 1. The Hall–Kier alpha value is -2.31. The molecule has 2 aromatic rings. The lowest BCUT2D eigenvalue weighted by molar-refractivity contribution is -0.137. The van der Waals surface area contributed by atoms with Crippen molar-refractivity contribution in [1.29, 1.82) is 0 Å². The molecule has 7 heteroatoms. The van der Waals surface area contributed by atoms with Crippen molar-refractivity contribution >= 4 is 5.97 Å². The molecular weight excluding hydrogens is 275 g/mol. The number of halogens is 3. The molecule has 0 N–H and O–H groups in total. The molecule has 0 bridgehead atoms. The molecule has 0 amide bonds. The molecule has 4 nitrogen and oxygen atoms in total. The second kappa shape index (κ2) is 4.99. The summed E-state index contributed by atoms with van der Waals surface area (Å²) < 4.78 is 47.5. The van der Waals surface area contributed by atoms with Gasteiger partial charge in [0.15, 0.2) is 0 Å². The number of esters is 1. The van der Waals surface area contributed by atoms with Crippen LogP contribution in [0.15, 0.2) is 28.7 Å². The van der Waals surface area contributed by atoms with E-state index >= 15 is 0 Å². The van der Waals surface area contributed by atoms with Gasteiger partial charge >= 0.3 is 12.1 Å². The van der Waals surface area contributed by atoms with Gasteiger partial charge in [-0.15, -0.1) is 0 Å². The molecule has 0 saturated heterocycles. The van der Waals surface area contributed by atoms with Crippen LogP contribution in [-0.4, -0.2) is 18.1 Å². The van der Waals surface area contributed by atoms with E-state index in [-0.39, 0.29) is 22.9 Å². The van der Waals surface area contributed by atoms with Gasteiger partial charge in [0, 0.05) is 5.56 Å². The van der Waals surface area contributed by atoms with E-state index in [1.165, 1.54) is 26.2 Å². The normalized spacial score (nSPS) is 11.4. The van der Waals surface area contributed by atoms with E-state index in [0.29, 0.717) is 0 Å². The Balaban J connectivity index is 2.45. The van der Waals surface area contributed by atoms with Gasteiger partial charge in [0.1, 0.15) is 0 Å². The van der Waals surface area contributed by atoms with Crippen LogP contribution in [0.5, 0.6) is 0 Å². The first-order valence-corrected chi connectivity index (χ1v) is 5.56. The van der Waals surface area contributed by atoms with Crippen LogP contribution in [0.4, 0.5) is 13.2 Å². The summed E-state index contributed by atoms with van der Waals surface area (Å²) in [6.45, 7) is 1.51. The van der Waals surface area contributed by atoms with E-state index in [2.05, 4.69) is 9.72 Å². The van der Waals surface area contributed by atoms with E-state index in [0.717, 1.165) is 12.1 Å². The first kappa shape index (κ1) is 14.1. The number of nitrogens with zero attached hydrogens (tertiary/aromatic N) is 1. The monoisotopic (exact) mass is 285 g/mol. The molecule has 1 heterocycles. The summed E-state index contributed by atoms with van der Waals surface area (Å²) in [5, 5.41) is 0. The number of carbonyl (C=O) groups excluding carboxylic acids is 1. The molecule has 0 spiro atoms. The smallest absolute Gasteiger partial charge is 0.416 e. The Bertz CT molecular complexity index is 647. The average Bonchev–Trinajstić information content (AvgIpc) is 2.79. The van der Waals surface area contributed by atoms with Gasteiger partial charge in [-0.1, -0.05) is 6.07 Å². The number of alkyl halides is 3.